The Morgan fingerprint density at radius 3 is 2.54 bits per heavy atom. The van der Waals surface area contributed by atoms with Crippen LogP contribution in [0, 0.1) is 5.41 Å². The average molecular weight is 198 g/mol. The van der Waals surface area contributed by atoms with Gasteiger partial charge in [-0.3, -0.25) is 4.99 Å². The van der Waals surface area contributed by atoms with Crippen LogP contribution < -0.4 is 5.32 Å². The van der Waals surface area contributed by atoms with Crippen molar-refractivity contribution in [2.75, 3.05) is 12.3 Å². The number of aliphatic imine (C=N–C) groups is 1. The maximum Gasteiger partial charge on any atom is 0.157 e. The second-order valence-electron chi connectivity index (χ2n) is 5.23. The van der Waals surface area contributed by atoms with E-state index in [0.29, 0.717) is 5.41 Å². The zero-order valence-corrected chi connectivity index (χ0v) is 9.50. The van der Waals surface area contributed by atoms with Crippen LogP contribution in [0.15, 0.2) is 4.99 Å². The quantitative estimate of drug-likeness (QED) is 0.736. The predicted octanol–water partition coefficient (Wildman–Crippen LogP) is 2.26. The van der Waals surface area contributed by atoms with Gasteiger partial charge in [-0.25, -0.2) is 0 Å². The average Bonchev–Trinajstić information content (AvgIpc) is 2.65. The van der Waals surface area contributed by atoms with Crippen LogP contribution in [0.25, 0.3) is 0 Å². The smallest absolute Gasteiger partial charge is 0.157 e. The van der Waals surface area contributed by atoms with E-state index in [-0.39, 0.29) is 5.54 Å². The van der Waals surface area contributed by atoms with Gasteiger partial charge in [0.2, 0.25) is 0 Å². The number of thioether (sulfide) groups is 1. The molecule has 13 heavy (non-hydrogen) atoms. The number of amidine groups is 1. The van der Waals surface area contributed by atoms with Gasteiger partial charge in [0.25, 0.3) is 0 Å². The molecule has 1 aliphatic carbocycles. The number of hydrogen-bond donors (Lipinski definition) is 1. The lowest BCUT2D eigenvalue weighted by atomic mass is 10.1. The monoisotopic (exact) mass is 198 g/mol. The molecule has 0 aromatic heterocycles. The molecule has 74 valence electrons. The Kier molecular flexibility index (Phi) is 2.10. The van der Waals surface area contributed by atoms with Gasteiger partial charge in [0.05, 0.1) is 0 Å². The van der Waals surface area contributed by atoms with Crippen molar-refractivity contribution >= 4 is 16.9 Å². The van der Waals surface area contributed by atoms with Crippen molar-refractivity contribution in [1.82, 2.24) is 5.32 Å². The molecule has 1 N–H and O–H groups in total. The standard InChI is InChI=1S/C10H18N2S/c1-9(2)7-13-8(12-9)11-6-10(3)4-5-10/h4-7H2,1-3H3,(H,11,12). The first kappa shape index (κ1) is 9.38. The van der Waals surface area contributed by atoms with E-state index in [0.717, 1.165) is 17.5 Å². The Balaban J connectivity index is 1.88. The first-order chi connectivity index (χ1) is 5.99. The Morgan fingerprint density at radius 2 is 2.08 bits per heavy atom. The van der Waals surface area contributed by atoms with Gasteiger partial charge in [0.15, 0.2) is 5.17 Å². The molecule has 0 unspecified atom stereocenters. The minimum Gasteiger partial charge on any atom is -0.359 e. The first-order valence-corrected chi connectivity index (χ1v) is 5.93. The van der Waals surface area contributed by atoms with E-state index < -0.39 is 0 Å². The number of nitrogens with zero attached hydrogens (tertiary/aromatic N) is 1. The SMILES string of the molecule is CC1(CN=C2NC(C)(C)CS2)CC1. The van der Waals surface area contributed by atoms with Gasteiger partial charge >= 0.3 is 0 Å². The molecule has 3 heteroatoms. The number of rotatable bonds is 2. The van der Waals surface area contributed by atoms with Crippen LogP contribution in [0.2, 0.25) is 0 Å². The van der Waals surface area contributed by atoms with Crippen LogP contribution in [0.3, 0.4) is 0 Å². The third-order valence-electron chi connectivity index (χ3n) is 2.72. The van der Waals surface area contributed by atoms with Gasteiger partial charge in [-0.15, -0.1) is 0 Å². The summed E-state index contributed by atoms with van der Waals surface area (Å²) in [5.41, 5.74) is 0.788. The second-order valence-corrected chi connectivity index (χ2v) is 6.19. The summed E-state index contributed by atoms with van der Waals surface area (Å²) in [6.07, 6.45) is 2.72. The third-order valence-corrected chi connectivity index (χ3v) is 4.09. The molecule has 2 fully saturated rings. The molecule has 1 saturated heterocycles. The van der Waals surface area contributed by atoms with Crippen LogP contribution in [0.1, 0.15) is 33.6 Å². The fourth-order valence-corrected chi connectivity index (χ4v) is 2.40. The fraction of sp³-hybridized carbons (Fsp3) is 0.900. The highest BCUT2D eigenvalue weighted by Gasteiger charge is 2.37. The van der Waals surface area contributed by atoms with Crippen molar-refractivity contribution in [1.29, 1.82) is 0 Å². The van der Waals surface area contributed by atoms with Crippen molar-refractivity contribution in [3.8, 4) is 0 Å². The maximum absolute atomic E-state index is 4.62. The van der Waals surface area contributed by atoms with E-state index in [1.807, 2.05) is 11.8 Å². The number of hydrogen-bond acceptors (Lipinski definition) is 2. The summed E-state index contributed by atoms with van der Waals surface area (Å²) in [6.45, 7) is 7.78. The lowest BCUT2D eigenvalue weighted by Crippen LogP contribution is -2.37. The van der Waals surface area contributed by atoms with Crippen LogP contribution in [0.4, 0.5) is 0 Å². The van der Waals surface area contributed by atoms with Crippen LogP contribution in [-0.2, 0) is 0 Å². The summed E-state index contributed by atoms with van der Waals surface area (Å²) < 4.78 is 0. The minimum atomic E-state index is 0.244. The van der Waals surface area contributed by atoms with Crippen molar-refractivity contribution in [2.45, 2.75) is 39.2 Å². The summed E-state index contributed by atoms with van der Waals surface area (Å²) in [4.78, 5) is 4.62. The van der Waals surface area contributed by atoms with Gasteiger partial charge in [-0.1, -0.05) is 18.7 Å². The van der Waals surface area contributed by atoms with E-state index in [1.54, 1.807) is 0 Å². The van der Waals surface area contributed by atoms with E-state index >= 15 is 0 Å². The lowest BCUT2D eigenvalue weighted by Gasteiger charge is -2.16. The molecule has 0 atom stereocenters. The zero-order chi connectivity index (χ0) is 9.53. The van der Waals surface area contributed by atoms with E-state index in [1.165, 1.54) is 12.8 Å². The fourth-order valence-electron chi connectivity index (χ4n) is 1.33. The molecule has 0 radical (unpaired) electrons. The molecule has 0 spiro atoms. The Morgan fingerprint density at radius 1 is 1.38 bits per heavy atom. The molecular formula is C10H18N2S. The highest BCUT2D eigenvalue weighted by molar-refractivity contribution is 8.14. The van der Waals surface area contributed by atoms with Gasteiger partial charge in [-0.05, 0) is 32.1 Å². The van der Waals surface area contributed by atoms with Crippen LogP contribution >= 0.6 is 11.8 Å². The molecule has 2 aliphatic rings. The van der Waals surface area contributed by atoms with Crippen LogP contribution in [-0.4, -0.2) is 23.0 Å². The summed E-state index contributed by atoms with van der Waals surface area (Å²) in [7, 11) is 0. The van der Waals surface area contributed by atoms with Crippen molar-refractivity contribution in [3.63, 3.8) is 0 Å². The molecule has 1 saturated carbocycles. The first-order valence-electron chi connectivity index (χ1n) is 4.95. The van der Waals surface area contributed by atoms with E-state index in [4.69, 9.17) is 0 Å². The van der Waals surface area contributed by atoms with Crippen molar-refractivity contribution in [2.24, 2.45) is 10.4 Å². The molecule has 0 aromatic carbocycles. The van der Waals surface area contributed by atoms with Crippen LogP contribution in [0.5, 0.6) is 0 Å². The highest BCUT2D eigenvalue weighted by atomic mass is 32.2. The summed E-state index contributed by atoms with van der Waals surface area (Å²) in [6, 6.07) is 0. The van der Waals surface area contributed by atoms with Crippen molar-refractivity contribution in [3.05, 3.63) is 0 Å². The molecule has 2 rings (SSSR count). The lowest BCUT2D eigenvalue weighted by molar-refractivity contribution is 0.532. The Hall–Kier alpha value is -0.180. The highest BCUT2D eigenvalue weighted by Crippen LogP contribution is 2.45. The largest absolute Gasteiger partial charge is 0.359 e. The summed E-state index contributed by atoms with van der Waals surface area (Å²) in [5, 5.41) is 4.59. The molecule has 0 amide bonds. The normalized spacial score (nSPS) is 31.8. The Bertz CT molecular complexity index is 241. The molecule has 2 nitrogen and oxygen atoms in total. The van der Waals surface area contributed by atoms with Gasteiger partial charge in [0.1, 0.15) is 0 Å². The number of nitrogens with one attached hydrogen (secondary N) is 1. The van der Waals surface area contributed by atoms with Gasteiger partial charge in [0, 0.05) is 17.8 Å². The minimum absolute atomic E-state index is 0.244. The Labute approximate surface area is 84.6 Å². The maximum atomic E-state index is 4.62. The molecular weight excluding hydrogens is 180 g/mol. The molecule has 0 aromatic rings. The molecule has 0 bridgehead atoms. The third kappa shape index (κ3) is 2.39. The zero-order valence-electron chi connectivity index (χ0n) is 8.68. The molecule has 1 heterocycles. The topological polar surface area (TPSA) is 24.4 Å². The summed E-state index contributed by atoms with van der Waals surface area (Å²) >= 11 is 1.86. The predicted molar refractivity (Wildman–Crippen MR) is 59.3 cm³/mol. The van der Waals surface area contributed by atoms with Crippen molar-refractivity contribution < 1.29 is 0 Å². The van der Waals surface area contributed by atoms with E-state index in [9.17, 15) is 0 Å². The van der Waals surface area contributed by atoms with Gasteiger partial charge < -0.3 is 5.32 Å². The molecule has 1 aliphatic heterocycles. The van der Waals surface area contributed by atoms with Gasteiger partial charge in [-0.2, -0.15) is 0 Å². The second kappa shape index (κ2) is 2.91. The summed E-state index contributed by atoms with van der Waals surface area (Å²) in [5.74, 6) is 1.14. The van der Waals surface area contributed by atoms with E-state index in [2.05, 4.69) is 31.1 Å².